The van der Waals surface area contributed by atoms with E-state index in [-0.39, 0.29) is 12.0 Å². The fourth-order valence-electron chi connectivity index (χ4n) is 2.96. The number of amides is 1. The van der Waals surface area contributed by atoms with E-state index in [4.69, 9.17) is 9.47 Å². The van der Waals surface area contributed by atoms with Crippen molar-refractivity contribution in [3.05, 3.63) is 60.2 Å². The molecule has 1 amide bonds. The SMILES string of the molecule is CCOc1ccccc1NC(=O)CN1CCOC(c2ccccc2)C1. The number of anilines is 1. The quantitative estimate of drug-likeness (QED) is 0.878. The predicted molar refractivity (Wildman–Crippen MR) is 97.8 cm³/mol. The van der Waals surface area contributed by atoms with Gasteiger partial charge in [-0.3, -0.25) is 9.69 Å². The highest BCUT2D eigenvalue weighted by Crippen LogP contribution is 2.24. The first-order valence-corrected chi connectivity index (χ1v) is 8.67. The molecule has 1 N–H and O–H groups in total. The number of nitrogens with one attached hydrogen (secondary N) is 1. The van der Waals surface area contributed by atoms with Gasteiger partial charge in [0.1, 0.15) is 5.75 Å². The molecule has 0 bridgehead atoms. The van der Waals surface area contributed by atoms with Crippen molar-refractivity contribution in [1.29, 1.82) is 0 Å². The molecule has 1 fully saturated rings. The zero-order valence-corrected chi connectivity index (χ0v) is 14.5. The maximum atomic E-state index is 12.4. The molecule has 0 aromatic heterocycles. The summed E-state index contributed by atoms with van der Waals surface area (Å²) in [6.07, 6.45) is 0.0125. The lowest BCUT2D eigenvalue weighted by Crippen LogP contribution is -2.42. The van der Waals surface area contributed by atoms with E-state index < -0.39 is 0 Å². The number of morpholine rings is 1. The van der Waals surface area contributed by atoms with Crippen molar-refractivity contribution in [2.45, 2.75) is 13.0 Å². The van der Waals surface area contributed by atoms with Gasteiger partial charge in [-0.1, -0.05) is 42.5 Å². The molecule has 1 atom stereocenters. The summed E-state index contributed by atoms with van der Waals surface area (Å²) in [6.45, 7) is 4.93. The fraction of sp³-hybridized carbons (Fsp3) is 0.350. The molecule has 0 radical (unpaired) electrons. The van der Waals surface area contributed by atoms with E-state index in [9.17, 15) is 4.79 Å². The van der Waals surface area contributed by atoms with Gasteiger partial charge in [0.2, 0.25) is 5.91 Å². The molecule has 3 rings (SSSR count). The maximum absolute atomic E-state index is 12.4. The van der Waals surface area contributed by atoms with E-state index in [1.807, 2.05) is 49.4 Å². The van der Waals surface area contributed by atoms with Crippen LogP contribution in [0.5, 0.6) is 5.75 Å². The van der Waals surface area contributed by atoms with Crippen molar-refractivity contribution >= 4 is 11.6 Å². The third-order valence-corrected chi connectivity index (χ3v) is 4.15. The maximum Gasteiger partial charge on any atom is 0.238 e. The standard InChI is InChI=1S/C20H24N2O3/c1-2-24-18-11-7-6-10-17(18)21-20(23)15-22-12-13-25-19(14-22)16-8-4-3-5-9-16/h3-11,19H,2,12-15H2,1H3,(H,21,23). The Balaban J connectivity index is 1.58. The topological polar surface area (TPSA) is 50.8 Å². The van der Waals surface area contributed by atoms with Gasteiger partial charge >= 0.3 is 0 Å². The van der Waals surface area contributed by atoms with E-state index >= 15 is 0 Å². The third-order valence-electron chi connectivity index (χ3n) is 4.15. The van der Waals surface area contributed by atoms with Crippen LogP contribution in [0, 0.1) is 0 Å². The Morgan fingerprint density at radius 3 is 2.76 bits per heavy atom. The molecule has 2 aromatic rings. The van der Waals surface area contributed by atoms with Gasteiger partial charge in [0.15, 0.2) is 0 Å². The van der Waals surface area contributed by atoms with Crippen LogP contribution >= 0.6 is 0 Å². The van der Waals surface area contributed by atoms with Gasteiger partial charge in [-0.2, -0.15) is 0 Å². The highest BCUT2D eigenvalue weighted by Gasteiger charge is 2.23. The number of hydrogen-bond donors (Lipinski definition) is 1. The molecule has 0 aliphatic carbocycles. The number of carbonyl (C=O) groups is 1. The largest absolute Gasteiger partial charge is 0.492 e. The first-order chi connectivity index (χ1) is 12.3. The van der Waals surface area contributed by atoms with Crippen LogP contribution in [0.3, 0.4) is 0 Å². The number of hydrogen-bond acceptors (Lipinski definition) is 4. The van der Waals surface area contributed by atoms with Crippen LogP contribution in [0.15, 0.2) is 54.6 Å². The molecule has 1 unspecified atom stereocenters. The zero-order chi connectivity index (χ0) is 17.5. The molecule has 25 heavy (non-hydrogen) atoms. The van der Waals surface area contributed by atoms with Crippen LogP contribution in [0.4, 0.5) is 5.69 Å². The summed E-state index contributed by atoms with van der Waals surface area (Å²) in [5.74, 6) is 0.656. The van der Waals surface area contributed by atoms with E-state index in [1.165, 1.54) is 0 Å². The summed E-state index contributed by atoms with van der Waals surface area (Å²) in [5, 5.41) is 2.95. The lowest BCUT2D eigenvalue weighted by atomic mass is 10.1. The lowest BCUT2D eigenvalue weighted by molar-refractivity contribution is -0.119. The van der Waals surface area contributed by atoms with E-state index in [0.29, 0.717) is 37.7 Å². The molecule has 1 aliphatic rings. The Kier molecular flexibility index (Phi) is 6.04. The van der Waals surface area contributed by atoms with Crippen molar-refractivity contribution in [2.75, 3.05) is 38.2 Å². The average molecular weight is 340 g/mol. The predicted octanol–water partition coefficient (Wildman–Crippen LogP) is 3.10. The molecule has 1 aliphatic heterocycles. The number of ether oxygens (including phenoxy) is 2. The molecule has 1 saturated heterocycles. The van der Waals surface area contributed by atoms with Crippen LogP contribution in [-0.2, 0) is 9.53 Å². The van der Waals surface area contributed by atoms with E-state index in [1.54, 1.807) is 0 Å². The molecule has 2 aromatic carbocycles. The minimum Gasteiger partial charge on any atom is -0.492 e. The van der Waals surface area contributed by atoms with Gasteiger partial charge < -0.3 is 14.8 Å². The van der Waals surface area contributed by atoms with E-state index in [0.717, 1.165) is 12.1 Å². The molecule has 132 valence electrons. The van der Waals surface area contributed by atoms with Crippen molar-refractivity contribution in [3.8, 4) is 5.75 Å². The normalized spacial score (nSPS) is 17.9. The van der Waals surface area contributed by atoms with Gasteiger partial charge in [0, 0.05) is 13.1 Å². The summed E-state index contributed by atoms with van der Waals surface area (Å²) >= 11 is 0. The first-order valence-electron chi connectivity index (χ1n) is 8.67. The van der Waals surface area contributed by atoms with Gasteiger partial charge in [-0.15, -0.1) is 0 Å². The summed E-state index contributed by atoms with van der Waals surface area (Å²) < 4.78 is 11.4. The van der Waals surface area contributed by atoms with Crippen molar-refractivity contribution in [1.82, 2.24) is 4.90 Å². The fourth-order valence-corrected chi connectivity index (χ4v) is 2.96. The van der Waals surface area contributed by atoms with E-state index in [2.05, 4.69) is 22.3 Å². The second-order valence-corrected chi connectivity index (χ2v) is 5.98. The van der Waals surface area contributed by atoms with Crippen molar-refractivity contribution in [3.63, 3.8) is 0 Å². The van der Waals surface area contributed by atoms with Crippen LogP contribution in [0.1, 0.15) is 18.6 Å². The molecule has 5 nitrogen and oxygen atoms in total. The third kappa shape index (κ3) is 4.81. The number of benzene rings is 2. The molecule has 5 heteroatoms. The highest BCUT2D eigenvalue weighted by molar-refractivity contribution is 5.93. The Morgan fingerprint density at radius 1 is 1.20 bits per heavy atom. The second kappa shape index (κ2) is 8.65. The summed E-state index contributed by atoms with van der Waals surface area (Å²) in [4.78, 5) is 14.6. The average Bonchev–Trinajstić information content (AvgIpc) is 2.64. The smallest absolute Gasteiger partial charge is 0.238 e. The highest BCUT2D eigenvalue weighted by atomic mass is 16.5. The van der Waals surface area contributed by atoms with Crippen LogP contribution in [-0.4, -0.2) is 43.7 Å². The van der Waals surface area contributed by atoms with Crippen LogP contribution in [0.25, 0.3) is 0 Å². The molecular formula is C20H24N2O3. The summed E-state index contributed by atoms with van der Waals surface area (Å²) in [7, 11) is 0. The Bertz CT molecular complexity index is 690. The van der Waals surface area contributed by atoms with Crippen molar-refractivity contribution < 1.29 is 14.3 Å². The second-order valence-electron chi connectivity index (χ2n) is 5.98. The van der Waals surface area contributed by atoms with Gasteiger partial charge in [-0.25, -0.2) is 0 Å². The van der Waals surface area contributed by atoms with Crippen LogP contribution in [0.2, 0.25) is 0 Å². The molecule has 0 saturated carbocycles. The number of carbonyl (C=O) groups excluding carboxylic acids is 1. The van der Waals surface area contributed by atoms with Gasteiger partial charge in [0.25, 0.3) is 0 Å². The number of para-hydroxylation sites is 2. The minimum absolute atomic E-state index is 0.0125. The first kappa shape index (κ1) is 17.5. The monoisotopic (exact) mass is 340 g/mol. The minimum atomic E-state index is -0.0409. The number of rotatable bonds is 6. The Labute approximate surface area is 148 Å². The van der Waals surface area contributed by atoms with Gasteiger partial charge in [-0.05, 0) is 24.6 Å². The molecular weight excluding hydrogens is 316 g/mol. The Morgan fingerprint density at radius 2 is 1.96 bits per heavy atom. The lowest BCUT2D eigenvalue weighted by Gasteiger charge is -2.32. The summed E-state index contributed by atoms with van der Waals surface area (Å²) in [5.41, 5.74) is 1.86. The Hall–Kier alpha value is -2.37. The van der Waals surface area contributed by atoms with Gasteiger partial charge in [0.05, 0.1) is 31.5 Å². The zero-order valence-electron chi connectivity index (χ0n) is 14.5. The molecule has 1 heterocycles. The molecule has 0 spiro atoms. The summed E-state index contributed by atoms with van der Waals surface area (Å²) in [6, 6.07) is 17.6. The number of nitrogens with zero attached hydrogens (tertiary/aromatic N) is 1. The van der Waals surface area contributed by atoms with Crippen molar-refractivity contribution in [2.24, 2.45) is 0 Å². The van der Waals surface area contributed by atoms with Crippen LogP contribution < -0.4 is 10.1 Å².